The smallest absolute Gasteiger partial charge is 0.338 e. The molecule has 1 aromatic carbocycles. The van der Waals surface area contributed by atoms with Crippen molar-refractivity contribution < 1.29 is 19.7 Å². The molecule has 2 N–H and O–H groups in total. The van der Waals surface area contributed by atoms with E-state index in [4.69, 9.17) is 4.74 Å². The Morgan fingerprint density at radius 2 is 2.06 bits per heavy atom. The minimum atomic E-state index is -0.611. The Hall–Kier alpha value is -2.06. The molecule has 0 saturated carbocycles. The third kappa shape index (κ3) is 3.92. The van der Waals surface area contributed by atoms with Gasteiger partial charge < -0.3 is 14.9 Å². The molecular weight excluding hydrogens is 406 g/mol. The number of aliphatic imine (C=N–C) groups is 1. The summed E-state index contributed by atoms with van der Waals surface area (Å²) in [5.41, 5.74) is 4.25. The van der Waals surface area contributed by atoms with Crippen molar-refractivity contribution in [1.82, 2.24) is 9.80 Å². The van der Waals surface area contributed by atoms with Crippen molar-refractivity contribution in [1.29, 1.82) is 0 Å². The van der Waals surface area contributed by atoms with Gasteiger partial charge in [-0.05, 0) is 56.2 Å². The number of cyclic esters (lactones) is 1. The number of likely N-dealkylation sites (tertiary alicyclic amines) is 2. The van der Waals surface area contributed by atoms with E-state index < -0.39 is 12.2 Å². The van der Waals surface area contributed by atoms with E-state index in [9.17, 15) is 15.0 Å². The summed E-state index contributed by atoms with van der Waals surface area (Å²) < 4.78 is 5.16. The molecule has 4 heterocycles. The quantitative estimate of drug-likeness (QED) is 0.661. The van der Waals surface area contributed by atoms with E-state index in [1.165, 1.54) is 0 Å². The number of fused-ring (bicyclic) bond motifs is 2. The van der Waals surface area contributed by atoms with Crippen LogP contribution < -0.4 is 0 Å². The van der Waals surface area contributed by atoms with Crippen molar-refractivity contribution in [2.75, 3.05) is 26.2 Å². The average Bonchev–Trinajstić information content (AvgIpc) is 3.43. The van der Waals surface area contributed by atoms with Crippen LogP contribution in [0, 0.1) is 12.8 Å². The monoisotopic (exact) mass is 439 g/mol. The number of hydrogen-bond donors (Lipinski definition) is 2. The predicted molar refractivity (Wildman–Crippen MR) is 122 cm³/mol. The van der Waals surface area contributed by atoms with E-state index in [0.29, 0.717) is 43.3 Å². The van der Waals surface area contributed by atoms with Gasteiger partial charge in [0.1, 0.15) is 12.7 Å². The van der Waals surface area contributed by atoms with Crippen LogP contribution >= 0.6 is 0 Å². The first-order chi connectivity index (χ1) is 15.4. The standard InChI is InChI=1S/C25H33N3O4/c1-15-9-17-10-27(12-24(30)21-5-3-4-8-26-21)11-22(17)28(15)13-23(29)18-6-7-19-20(16(18)2)14-32-25(19)31/h4,6-8,15,17,22-24,29-30H,3,5,9-14H2,1-2H3. The molecule has 5 atom stereocenters. The van der Waals surface area contributed by atoms with Crippen molar-refractivity contribution in [3.63, 3.8) is 0 Å². The third-order valence-electron chi connectivity index (χ3n) is 7.80. The number of carbonyl (C=O) groups excluding carboxylic acids is 1. The van der Waals surface area contributed by atoms with E-state index in [-0.39, 0.29) is 5.97 Å². The highest BCUT2D eigenvalue weighted by Crippen LogP contribution is 2.38. The molecule has 2 saturated heterocycles. The lowest BCUT2D eigenvalue weighted by atomic mass is 9.95. The van der Waals surface area contributed by atoms with Gasteiger partial charge in [-0.1, -0.05) is 12.1 Å². The lowest BCUT2D eigenvalue weighted by molar-refractivity contribution is 0.0535. The Balaban J connectivity index is 1.24. The normalized spacial score (nSPS) is 29.6. The highest BCUT2D eigenvalue weighted by atomic mass is 16.5. The van der Waals surface area contributed by atoms with E-state index in [1.807, 2.05) is 19.1 Å². The molecule has 7 heteroatoms. The summed E-state index contributed by atoms with van der Waals surface area (Å²) >= 11 is 0. The zero-order chi connectivity index (χ0) is 22.4. The Morgan fingerprint density at radius 3 is 2.84 bits per heavy atom. The van der Waals surface area contributed by atoms with Crippen molar-refractivity contribution in [2.24, 2.45) is 10.9 Å². The Labute approximate surface area is 189 Å². The lowest BCUT2D eigenvalue weighted by Crippen LogP contribution is -2.43. The summed E-state index contributed by atoms with van der Waals surface area (Å²) in [5.74, 6) is 0.285. The van der Waals surface area contributed by atoms with Gasteiger partial charge in [-0.15, -0.1) is 0 Å². The Bertz CT molecular complexity index is 959. The number of esters is 1. The predicted octanol–water partition coefficient (Wildman–Crippen LogP) is 2.20. The molecule has 1 aromatic rings. The number of aliphatic hydroxyl groups is 2. The molecule has 4 aliphatic rings. The van der Waals surface area contributed by atoms with Crippen LogP contribution in [-0.2, 0) is 11.3 Å². The van der Waals surface area contributed by atoms with Crippen LogP contribution in [0.2, 0.25) is 0 Å². The minimum Gasteiger partial charge on any atom is -0.457 e. The first-order valence-corrected chi connectivity index (χ1v) is 11.8. The average molecular weight is 440 g/mol. The second-order valence-electron chi connectivity index (χ2n) is 9.79. The van der Waals surface area contributed by atoms with Crippen LogP contribution in [0.5, 0.6) is 0 Å². The molecule has 5 rings (SSSR count). The number of carbonyl (C=O) groups is 1. The summed E-state index contributed by atoms with van der Waals surface area (Å²) in [7, 11) is 0. The van der Waals surface area contributed by atoms with Gasteiger partial charge in [-0.2, -0.15) is 0 Å². The second kappa shape index (κ2) is 8.71. The molecule has 0 radical (unpaired) electrons. The van der Waals surface area contributed by atoms with Gasteiger partial charge in [0.15, 0.2) is 0 Å². The molecular formula is C25H33N3O4. The van der Waals surface area contributed by atoms with Crippen LogP contribution in [0.4, 0.5) is 0 Å². The van der Waals surface area contributed by atoms with E-state index >= 15 is 0 Å². The fourth-order valence-corrected chi connectivity index (χ4v) is 6.06. The second-order valence-corrected chi connectivity index (χ2v) is 9.79. The summed E-state index contributed by atoms with van der Waals surface area (Å²) in [6.07, 6.45) is 5.62. The van der Waals surface area contributed by atoms with Gasteiger partial charge in [-0.25, -0.2) is 4.79 Å². The van der Waals surface area contributed by atoms with Crippen LogP contribution in [0.1, 0.15) is 59.3 Å². The summed E-state index contributed by atoms with van der Waals surface area (Å²) in [6, 6.07) is 4.47. The third-order valence-corrected chi connectivity index (χ3v) is 7.80. The molecule has 0 aromatic heterocycles. The van der Waals surface area contributed by atoms with E-state index in [1.54, 1.807) is 12.3 Å². The fourth-order valence-electron chi connectivity index (χ4n) is 6.06. The first kappa shape index (κ1) is 21.8. The van der Waals surface area contributed by atoms with Crippen LogP contribution in [0.15, 0.2) is 29.4 Å². The number of allylic oxidation sites excluding steroid dienone is 1. The first-order valence-electron chi connectivity index (χ1n) is 11.8. The molecule has 7 nitrogen and oxygen atoms in total. The molecule has 0 aliphatic carbocycles. The van der Waals surface area contributed by atoms with E-state index in [2.05, 4.69) is 21.7 Å². The fraction of sp³-hybridized carbons (Fsp3) is 0.600. The Morgan fingerprint density at radius 1 is 1.22 bits per heavy atom. The molecule has 2 fully saturated rings. The molecule has 0 amide bonds. The molecule has 0 spiro atoms. The molecule has 0 bridgehead atoms. The van der Waals surface area contributed by atoms with Gasteiger partial charge >= 0.3 is 5.97 Å². The number of hydrogen-bond acceptors (Lipinski definition) is 7. The maximum atomic E-state index is 11.8. The van der Waals surface area contributed by atoms with Gasteiger partial charge in [0.2, 0.25) is 0 Å². The highest BCUT2D eigenvalue weighted by Gasteiger charge is 2.45. The minimum absolute atomic E-state index is 0.274. The number of nitrogens with zero attached hydrogens (tertiary/aromatic N) is 3. The summed E-state index contributed by atoms with van der Waals surface area (Å²) in [6.45, 7) is 7.61. The van der Waals surface area contributed by atoms with Crippen molar-refractivity contribution in [2.45, 2.75) is 64.0 Å². The molecule has 172 valence electrons. The van der Waals surface area contributed by atoms with Gasteiger partial charge in [-0.3, -0.25) is 14.8 Å². The van der Waals surface area contributed by atoms with Crippen LogP contribution in [0.25, 0.3) is 0 Å². The maximum absolute atomic E-state index is 11.8. The van der Waals surface area contributed by atoms with Crippen LogP contribution in [-0.4, -0.2) is 76.1 Å². The zero-order valence-electron chi connectivity index (χ0n) is 18.9. The van der Waals surface area contributed by atoms with Crippen LogP contribution in [0.3, 0.4) is 0 Å². The van der Waals surface area contributed by atoms with Crippen molar-refractivity contribution >= 4 is 11.7 Å². The number of β-amino-alcohol motifs (C(OH)–C–C–N with tert-alkyl or cyclic N) is 2. The summed E-state index contributed by atoms with van der Waals surface area (Å²) in [4.78, 5) is 21.0. The Kier molecular flexibility index (Phi) is 5.92. The number of aliphatic hydroxyl groups excluding tert-OH is 2. The van der Waals surface area contributed by atoms with Gasteiger partial charge in [0.25, 0.3) is 0 Å². The molecule has 4 aliphatic heterocycles. The highest BCUT2D eigenvalue weighted by molar-refractivity contribution is 5.94. The molecule has 32 heavy (non-hydrogen) atoms. The van der Waals surface area contributed by atoms with Gasteiger partial charge in [0, 0.05) is 55.7 Å². The zero-order valence-corrected chi connectivity index (χ0v) is 18.9. The molecule has 5 unspecified atom stereocenters. The lowest BCUT2D eigenvalue weighted by Gasteiger charge is -2.31. The largest absolute Gasteiger partial charge is 0.457 e. The number of benzene rings is 1. The van der Waals surface area contributed by atoms with Crippen molar-refractivity contribution in [3.8, 4) is 0 Å². The maximum Gasteiger partial charge on any atom is 0.338 e. The summed E-state index contributed by atoms with van der Waals surface area (Å²) in [5, 5.41) is 21.8. The number of ether oxygens (including phenoxy) is 1. The topological polar surface area (TPSA) is 85.6 Å². The number of rotatable bonds is 6. The van der Waals surface area contributed by atoms with Crippen molar-refractivity contribution in [3.05, 3.63) is 46.7 Å². The SMILES string of the molecule is Cc1c(C(O)CN2C(C)CC3CN(CC(O)C4=NC=CCC4)CC32)ccc2c1COC2=O. The van der Waals surface area contributed by atoms with E-state index in [0.717, 1.165) is 54.8 Å². The van der Waals surface area contributed by atoms with Gasteiger partial charge in [0.05, 0.1) is 11.7 Å².